The monoisotopic (exact) mass is 261 g/mol. The molecular weight excluding hydrogens is 238 g/mol. The second-order valence-corrected chi connectivity index (χ2v) is 5.40. The summed E-state index contributed by atoms with van der Waals surface area (Å²) in [6.45, 7) is 6.25. The minimum atomic E-state index is -0.0228. The fraction of sp³-hybridized carbons (Fsp3) is 0.533. The van der Waals surface area contributed by atoms with Gasteiger partial charge in [-0.1, -0.05) is 6.92 Å². The molecule has 1 aromatic rings. The molecule has 1 amide bonds. The van der Waals surface area contributed by atoms with Crippen molar-refractivity contribution in [3.8, 4) is 0 Å². The fourth-order valence-electron chi connectivity index (χ4n) is 2.35. The summed E-state index contributed by atoms with van der Waals surface area (Å²) < 4.78 is 0. The van der Waals surface area contributed by atoms with Gasteiger partial charge in [-0.3, -0.25) is 4.79 Å². The molecule has 3 N–H and O–H groups in total. The molecule has 0 aliphatic carbocycles. The number of hydrogen-bond acceptors (Lipinski definition) is 3. The first-order valence-corrected chi connectivity index (χ1v) is 7.01. The Morgan fingerprint density at radius 2 is 1.95 bits per heavy atom. The van der Waals surface area contributed by atoms with Crippen molar-refractivity contribution < 1.29 is 4.79 Å². The van der Waals surface area contributed by atoms with Crippen LogP contribution in [0.4, 0.5) is 5.69 Å². The number of nitrogens with two attached hydrogens (primary N) is 1. The van der Waals surface area contributed by atoms with E-state index in [1.807, 2.05) is 0 Å². The van der Waals surface area contributed by atoms with Gasteiger partial charge >= 0.3 is 0 Å². The van der Waals surface area contributed by atoms with Gasteiger partial charge in [0.15, 0.2) is 0 Å². The first-order valence-electron chi connectivity index (χ1n) is 7.01. The highest BCUT2D eigenvalue weighted by atomic mass is 16.1. The Morgan fingerprint density at radius 1 is 1.32 bits per heavy atom. The predicted octanol–water partition coefficient (Wildman–Crippen LogP) is 1.73. The van der Waals surface area contributed by atoms with Crippen molar-refractivity contribution in [1.82, 2.24) is 10.2 Å². The van der Waals surface area contributed by atoms with Gasteiger partial charge in [0.1, 0.15) is 0 Å². The van der Waals surface area contributed by atoms with Gasteiger partial charge in [0.25, 0.3) is 5.91 Å². The SMILES string of the molecule is CC1CCN(CCNC(=O)c2ccc(N)cc2)CC1. The second-order valence-electron chi connectivity index (χ2n) is 5.40. The molecule has 19 heavy (non-hydrogen) atoms. The molecule has 1 saturated heterocycles. The van der Waals surface area contributed by atoms with Crippen LogP contribution in [0.2, 0.25) is 0 Å². The van der Waals surface area contributed by atoms with E-state index >= 15 is 0 Å². The lowest BCUT2D eigenvalue weighted by atomic mass is 9.99. The Kier molecular flexibility index (Phi) is 4.80. The summed E-state index contributed by atoms with van der Waals surface area (Å²) in [6, 6.07) is 7.02. The smallest absolute Gasteiger partial charge is 0.251 e. The van der Waals surface area contributed by atoms with Crippen molar-refractivity contribution in [3.05, 3.63) is 29.8 Å². The number of nitrogens with one attached hydrogen (secondary N) is 1. The quantitative estimate of drug-likeness (QED) is 0.812. The van der Waals surface area contributed by atoms with E-state index in [2.05, 4.69) is 17.1 Å². The molecular formula is C15H23N3O. The summed E-state index contributed by atoms with van der Waals surface area (Å²) in [5.41, 5.74) is 6.94. The molecule has 0 atom stereocenters. The van der Waals surface area contributed by atoms with Gasteiger partial charge in [-0.2, -0.15) is 0 Å². The van der Waals surface area contributed by atoms with Crippen molar-refractivity contribution >= 4 is 11.6 Å². The first kappa shape index (κ1) is 13.9. The topological polar surface area (TPSA) is 58.4 Å². The normalized spacial score (nSPS) is 17.3. The van der Waals surface area contributed by atoms with E-state index in [0.717, 1.165) is 25.6 Å². The molecule has 1 aliphatic rings. The Labute approximate surface area is 115 Å². The maximum absolute atomic E-state index is 11.9. The van der Waals surface area contributed by atoms with E-state index in [4.69, 9.17) is 5.73 Å². The van der Waals surface area contributed by atoms with Crippen LogP contribution in [0.1, 0.15) is 30.1 Å². The number of carbonyl (C=O) groups is 1. The Morgan fingerprint density at radius 3 is 2.58 bits per heavy atom. The zero-order valence-electron chi connectivity index (χ0n) is 11.6. The Hall–Kier alpha value is -1.55. The lowest BCUT2D eigenvalue weighted by Gasteiger charge is -2.30. The van der Waals surface area contributed by atoms with Crippen LogP contribution in [0.15, 0.2) is 24.3 Å². The Bertz CT molecular complexity index is 408. The van der Waals surface area contributed by atoms with E-state index < -0.39 is 0 Å². The predicted molar refractivity (Wildman–Crippen MR) is 78.0 cm³/mol. The van der Waals surface area contributed by atoms with Gasteiger partial charge in [-0.05, 0) is 56.1 Å². The average molecular weight is 261 g/mol. The van der Waals surface area contributed by atoms with Gasteiger partial charge in [-0.15, -0.1) is 0 Å². The van der Waals surface area contributed by atoms with Gasteiger partial charge in [0.2, 0.25) is 0 Å². The van der Waals surface area contributed by atoms with Crippen LogP contribution in [0, 0.1) is 5.92 Å². The number of nitrogens with zero attached hydrogens (tertiary/aromatic N) is 1. The highest BCUT2D eigenvalue weighted by molar-refractivity contribution is 5.94. The van der Waals surface area contributed by atoms with E-state index in [1.54, 1.807) is 24.3 Å². The maximum atomic E-state index is 11.9. The minimum Gasteiger partial charge on any atom is -0.399 e. The number of benzene rings is 1. The van der Waals surface area contributed by atoms with Crippen molar-refractivity contribution in [2.24, 2.45) is 5.92 Å². The molecule has 0 radical (unpaired) electrons. The van der Waals surface area contributed by atoms with Crippen LogP contribution < -0.4 is 11.1 Å². The standard InChI is InChI=1S/C15H23N3O/c1-12-6-9-18(10-7-12)11-8-17-15(19)13-2-4-14(16)5-3-13/h2-5,12H,6-11,16H2,1H3,(H,17,19). The summed E-state index contributed by atoms with van der Waals surface area (Å²) in [7, 11) is 0. The van der Waals surface area contributed by atoms with E-state index in [-0.39, 0.29) is 5.91 Å². The van der Waals surface area contributed by atoms with Crippen LogP contribution in [0.5, 0.6) is 0 Å². The first-order chi connectivity index (χ1) is 9.15. The minimum absolute atomic E-state index is 0.0228. The lowest BCUT2D eigenvalue weighted by Crippen LogP contribution is -2.39. The number of anilines is 1. The van der Waals surface area contributed by atoms with E-state index in [0.29, 0.717) is 17.8 Å². The molecule has 0 bridgehead atoms. The molecule has 1 aliphatic heterocycles. The van der Waals surface area contributed by atoms with Crippen molar-refractivity contribution in [1.29, 1.82) is 0 Å². The van der Waals surface area contributed by atoms with Gasteiger partial charge < -0.3 is 16.0 Å². The zero-order chi connectivity index (χ0) is 13.7. The molecule has 1 aromatic carbocycles. The molecule has 104 valence electrons. The second kappa shape index (κ2) is 6.57. The van der Waals surface area contributed by atoms with Crippen molar-refractivity contribution in [2.45, 2.75) is 19.8 Å². The number of rotatable bonds is 4. The van der Waals surface area contributed by atoms with Gasteiger partial charge in [0, 0.05) is 24.3 Å². The molecule has 4 heteroatoms. The van der Waals surface area contributed by atoms with Crippen molar-refractivity contribution in [2.75, 3.05) is 31.9 Å². The lowest BCUT2D eigenvalue weighted by molar-refractivity contribution is 0.0944. The summed E-state index contributed by atoms with van der Waals surface area (Å²) in [5.74, 6) is 0.825. The number of piperidine rings is 1. The van der Waals surface area contributed by atoms with Crippen LogP contribution in [-0.4, -0.2) is 37.0 Å². The van der Waals surface area contributed by atoms with E-state index in [9.17, 15) is 4.79 Å². The summed E-state index contributed by atoms with van der Waals surface area (Å²) in [5, 5.41) is 2.96. The van der Waals surface area contributed by atoms with Crippen LogP contribution in [0.3, 0.4) is 0 Å². The van der Waals surface area contributed by atoms with Gasteiger partial charge in [-0.25, -0.2) is 0 Å². The number of amides is 1. The molecule has 4 nitrogen and oxygen atoms in total. The largest absolute Gasteiger partial charge is 0.399 e. The average Bonchev–Trinajstić information content (AvgIpc) is 2.41. The van der Waals surface area contributed by atoms with Crippen LogP contribution >= 0.6 is 0 Å². The molecule has 0 spiro atoms. The third kappa shape index (κ3) is 4.24. The number of carbonyl (C=O) groups excluding carboxylic acids is 1. The fourth-order valence-corrected chi connectivity index (χ4v) is 2.35. The van der Waals surface area contributed by atoms with Crippen LogP contribution in [-0.2, 0) is 0 Å². The summed E-state index contributed by atoms with van der Waals surface area (Å²) >= 11 is 0. The number of likely N-dealkylation sites (tertiary alicyclic amines) is 1. The molecule has 1 heterocycles. The van der Waals surface area contributed by atoms with E-state index in [1.165, 1.54) is 12.8 Å². The molecule has 0 aromatic heterocycles. The summed E-state index contributed by atoms with van der Waals surface area (Å²) in [4.78, 5) is 14.3. The summed E-state index contributed by atoms with van der Waals surface area (Å²) in [6.07, 6.45) is 2.54. The highest BCUT2D eigenvalue weighted by Crippen LogP contribution is 2.15. The third-order valence-corrected chi connectivity index (χ3v) is 3.76. The highest BCUT2D eigenvalue weighted by Gasteiger charge is 2.15. The number of nitrogen functional groups attached to an aromatic ring is 1. The molecule has 2 rings (SSSR count). The third-order valence-electron chi connectivity index (χ3n) is 3.76. The van der Waals surface area contributed by atoms with Crippen molar-refractivity contribution in [3.63, 3.8) is 0 Å². The van der Waals surface area contributed by atoms with Gasteiger partial charge in [0.05, 0.1) is 0 Å². The molecule has 1 fully saturated rings. The molecule has 0 saturated carbocycles. The number of hydrogen-bond donors (Lipinski definition) is 2. The molecule has 0 unspecified atom stereocenters. The Balaban J connectivity index is 1.70. The van der Waals surface area contributed by atoms with Crippen LogP contribution in [0.25, 0.3) is 0 Å². The maximum Gasteiger partial charge on any atom is 0.251 e. The zero-order valence-corrected chi connectivity index (χ0v) is 11.6.